The number of aromatic nitrogens is 3. The lowest BCUT2D eigenvalue weighted by Gasteiger charge is -2.28. The number of hydrogen-bond donors (Lipinski definition) is 0. The lowest BCUT2D eigenvalue weighted by atomic mass is 10.1. The Bertz CT molecular complexity index is 872. The number of anilines is 1. The van der Waals surface area contributed by atoms with Crippen LogP contribution in [0, 0.1) is 11.3 Å². The van der Waals surface area contributed by atoms with Gasteiger partial charge in [-0.25, -0.2) is 0 Å². The van der Waals surface area contributed by atoms with Crippen LogP contribution in [0.5, 0.6) is 0 Å². The smallest absolute Gasteiger partial charge is 0.232 e. The highest BCUT2D eigenvalue weighted by Crippen LogP contribution is 2.29. The van der Waals surface area contributed by atoms with E-state index in [2.05, 4.69) is 44.8 Å². The quantitative estimate of drug-likeness (QED) is 0.612. The van der Waals surface area contributed by atoms with Crippen molar-refractivity contribution in [2.75, 3.05) is 50.5 Å². The Morgan fingerprint density at radius 3 is 2.79 bits per heavy atom. The average molecular weight is 415 g/mol. The normalized spacial score (nSPS) is 13.9. The van der Waals surface area contributed by atoms with E-state index < -0.39 is 0 Å². The molecule has 1 amide bonds. The van der Waals surface area contributed by atoms with E-state index in [1.807, 2.05) is 12.1 Å². The van der Waals surface area contributed by atoms with Crippen molar-refractivity contribution in [1.82, 2.24) is 19.7 Å². The van der Waals surface area contributed by atoms with Crippen molar-refractivity contribution in [1.29, 1.82) is 5.26 Å². The molecule has 2 aromatic rings. The summed E-state index contributed by atoms with van der Waals surface area (Å²) in [6.07, 6.45) is 1.21. The zero-order valence-corrected chi connectivity index (χ0v) is 17.7. The molecule has 2 heterocycles. The summed E-state index contributed by atoms with van der Waals surface area (Å²) in [6.45, 7) is 5.39. The number of nitrogens with zero attached hydrogens (tertiary/aromatic N) is 6. The Hall–Kier alpha value is -2.57. The van der Waals surface area contributed by atoms with Crippen molar-refractivity contribution >= 4 is 23.6 Å². The molecule has 1 aromatic carbocycles. The molecule has 3 rings (SSSR count). The maximum absolute atomic E-state index is 12.4. The molecule has 1 saturated heterocycles. The van der Waals surface area contributed by atoms with Crippen LogP contribution in [0.1, 0.15) is 18.9 Å². The molecule has 0 aliphatic carbocycles. The molecule has 0 bridgehead atoms. The summed E-state index contributed by atoms with van der Waals surface area (Å²) in [7, 11) is 1.72. The Morgan fingerprint density at radius 1 is 1.31 bits per heavy atom. The minimum absolute atomic E-state index is 0.0310. The van der Waals surface area contributed by atoms with Crippen molar-refractivity contribution in [2.24, 2.45) is 0 Å². The molecular formula is C20H26N6O2S. The fraction of sp³-hybridized carbons (Fsp3) is 0.500. The van der Waals surface area contributed by atoms with Crippen LogP contribution < -0.4 is 4.90 Å². The maximum atomic E-state index is 12.4. The first-order chi connectivity index (χ1) is 14.2. The molecule has 1 aliphatic rings. The summed E-state index contributed by atoms with van der Waals surface area (Å²) in [5.41, 5.74) is 2.23. The van der Waals surface area contributed by atoms with Gasteiger partial charge >= 0.3 is 0 Å². The van der Waals surface area contributed by atoms with Gasteiger partial charge in [0.2, 0.25) is 11.9 Å². The maximum Gasteiger partial charge on any atom is 0.232 e. The molecule has 1 fully saturated rings. The van der Waals surface area contributed by atoms with Gasteiger partial charge in [-0.1, -0.05) is 36.9 Å². The van der Waals surface area contributed by atoms with Crippen molar-refractivity contribution in [3.63, 3.8) is 0 Å². The predicted octanol–water partition coefficient (Wildman–Crippen LogP) is 2.13. The summed E-state index contributed by atoms with van der Waals surface area (Å²) < 4.78 is 7.53. The zero-order chi connectivity index (χ0) is 20.6. The van der Waals surface area contributed by atoms with Crippen LogP contribution in [-0.2, 0) is 16.0 Å². The Morgan fingerprint density at radius 2 is 2.07 bits per heavy atom. The lowest BCUT2D eigenvalue weighted by Crippen LogP contribution is -2.38. The lowest BCUT2D eigenvalue weighted by molar-refractivity contribution is -0.127. The summed E-state index contributed by atoms with van der Waals surface area (Å²) in [5.74, 6) is 0.996. The van der Waals surface area contributed by atoms with E-state index in [4.69, 9.17) is 10.00 Å². The fourth-order valence-electron chi connectivity index (χ4n) is 3.14. The van der Waals surface area contributed by atoms with E-state index in [9.17, 15) is 4.79 Å². The minimum Gasteiger partial charge on any atom is -0.378 e. The molecular weight excluding hydrogens is 388 g/mol. The third kappa shape index (κ3) is 5.08. The Kier molecular flexibility index (Phi) is 7.49. The van der Waals surface area contributed by atoms with Gasteiger partial charge in [-0.3, -0.25) is 9.36 Å². The van der Waals surface area contributed by atoms with Gasteiger partial charge in [0, 0.05) is 26.7 Å². The molecule has 8 nitrogen and oxygen atoms in total. The van der Waals surface area contributed by atoms with Crippen molar-refractivity contribution in [3.05, 3.63) is 29.8 Å². The van der Waals surface area contributed by atoms with Crippen LogP contribution in [0.2, 0.25) is 0 Å². The van der Waals surface area contributed by atoms with Crippen LogP contribution >= 0.6 is 11.8 Å². The first-order valence-electron chi connectivity index (χ1n) is 9.75. The monoisotopic (exact) mass is 414 g/mol. The third-order valence-corrected chi connectivity index (χ3v) is 5.75. The number of nitriles is 1. The molecule has 1 aromatic heterocycles. The zero-order valence-electron chi connectivity index (χ0n) is 16.9. The van der Waals surface area contributed by atoms with E-state index in [1.54, 1.807) is 11.9 Å². The van der Waals surface area contributed by atoms with Gasteiger partial charge in [0.05, 0.1) is 37.1 Å². The minimum atomic E-state index is -0.0310. The standard InChI is InChI=1S/C20H26N6O2S/c1-3-16-7-4-5-8-17(16)26-19(25-11-13-28-14-12-25)22-23-20(26)29-15-18(27)24(2)10-6-9-21/h4-5,7-8H,3,6,10-15H2,1-2H3. The van der Waals surface area contributed by atoms with Crippen molar-refractivity contribution < 1.29 is 9.53 Å². The topological polar surface area (TPSA) is 87.3 Å². The van der Waals surface area contributed by atoms with E-state index in [1.165, 1.54) is 17.3 Å². The first kappa shape index (κ1) is 21.1. The molecule has 29 heavy (non-hydrogen) atoms. The SMILES string of the molecule is CCc1ccccc1-n1c(SCC(=O)N(C)CCC#N)nnc1N1CCOCC1. The molecule has 0 radical (unpaired) electrons. The molecule has 0 unspecified atom stereocenters. The second-order valence-corrected chi connectivity index (χ2v) is 7.65. The predicted molar refractivity (Wildman–Crippen MR) is 112 cm³/mol. The molecule has 0 atom stereocenters. The number of thioether (sulfide) groups is 1. The molecule has 0 N–H and O–H groups in total. The van der Waals surface area contributed by atoms with E-state index in [0.717, 1.165) is 31.1 Å². The number of para-hydroxylation sites is 1. The highest BCUT2D eigenvalue weighted by Gasteiger charge is 2.23. The van der Waals surface area contributed by atoms with Gasteiger partial charge in [-0.15, -0.1) is 10.2 Å². The number of hydrogen-bond acceptors (Lipinski definition) is 7. The largest absolute Gasteiger partial charge is 0.378 e. The van der Waals surface area contributed by atoms with Gasteiger partial charge in [-0.2, -0.15) is 5.26 Å². The number of aryl methyl sites for hydroxylation is 1. The number of benzene rings is 1. The fourth-order valence-corrected chi connectivity index (χ4v) is 4.02. The molecule has 1 aliphatic heterocycles. The van der Waals surface area contributed by atoms with Gasteiger partial charge in [0.15, 0.2) is 5.16 Å². The van der Waals surface area contributed by atoms with Crippen molar-refractivity contribution in [3.8, 4) is 11.8 Å². The third-order valence-electron chi connectivity index (χ3n) is 4.83. The molecule has 154 valence electrons. The number of rotatable bonds is 8. The van der Waals surface area contributed by atoms with Crippen molar-refractivity contribution in [2.45, 2.75) is 24.9 Å². The number of morpholine rings is 1. The highest BCUT2D eigenvalue weighted by atomic mass is 32.2. The Labute approximate surface area is 175 Å². The van der Waals surface area contributed by atoms with E-state index in [-0.39, 0.29) is 11.7 Å². The second kappa shape index (κ2) is 10.3. The molecule has 0 spiro atoms. The van der Waals surface area contributed by atoms with Gasteiger partial charge in [0.1, 0.15) is 0 Å². The van der Waals surface area contributed by atoms with Crippen LogP contribution in [0.3, 0.4) is 0 Å². The van der Waals surface area contributed by atoms with Crippen LogP contribution in [0.25, 0.3) is 5.69 Å². The van der Waals surface area contributed by atoms with Gasteiger partial charge < -0.3 is 14.5 Å². The summed E-state index contributed by atoms with van der Waals surface area (Å²) in [4.78, 5) is 16.2. The van der Waals surface area contributed by atoms with Crippen LogP contribution in [-0.4, -0.2) is 71.2 Å². The average Bonchev–Trinajstić information content (AvgIpc) is 3.20. The summed E-state index contributed by atoms with van der Waals surface area (Å²) >= 11 is 1.37. The van der Waals surface area contributed by atoms with Crippen LogP contribution in [0.15, 0.2) is 29.4 Å². The summed E-state index contributed by atoms with van der Waals surface area (Å²) in [6, 6.07) is 10.3. The molecule has 9 heteroatoms. The van der Waals surface area contributed by atoms with Gasteiger partial charge in [-0.05, 0) is 18.1 Å². The van der Waals surface area contributed by atoms with Crippen LogP contribution in [0.4, 0.5) is 5.95 Å². The highest BCUT2D eigenvalue weighted by molar-refractivity contribution is 7.99. The number of carbonyl (C=O) groups is 1. The second-order valence-electron chi connectivity index (χ2n) is 6.71. The Balaban J connectivity index is 1.88. The van der Waals surface area contributed by atoms with E-state index >= 15 is 0 Å². The van der Waals surface area contributed by atoms with Gasteiger partial charge in [0.25, 0.3) is 0 Å². The van der Waals surface area contributed by atoms with E-state index in [0.29, 0.717) is 31.3 Å². The number of carbonyl (C=O) groups excluding carboxylic acids is 1. The molecule has 0 saturated carbocycles. The number of ether oxygens (including phenoxy) is 1. The summed E-state index contributed by atoms with van der Waals surface area (Å²) in [5, 5.41) is 18.3. The first-order valence-corrected chi connectivity index (χ1v) is 10.7. The number of amides is 1.